The summed E-state index contributed by atoms with van der Waals surface area (Å²) in [5, 5.41) is 8.81. The summed E-state index contributed by atoms with van der Waals surface area (Å²) in [6.45, 7) is 1.75. The summed E-state index contributed by atoms with van der Waals surface area (Å²) in [6.07, 6.45) is 0. The average molecular weight is 353 g/mol. The first kappa shape index (κ1) is 15.5. The number of anilines is 3. The summed E-state index contributed by atoms with van der Waals surface area (Å²) in [5.74, 6) is 1.40. The Morgan fingerprint density at radius 3 is 2.64 bits per heavy atom. The van der Waals surface area contributed by atoms with Crippen molar-refractivity contribution in [2.24, 2.45) is 0 Å². The van der Waals surface area contributed by atoms with Gasteiger partial charge in [0.05, 0.1) is 5.69 Å². The van der Waals surface area contributed by atoms with Crippen molar-refractivity contribution in [3.63, 3.8) is 0 Å². The molecule has 2 N–H and O–H groups in total. The lowest BCUT2D eigenvalue weighted by Gasteiger charge is -2.04. The summed E-state index contributed by atoms with van der Waals surface area (Å²) < 4.78 is 10.7. The summed E-state index contributed by atoms with van der Waals surface area (Å²) >= 11 is 1.52. The summed E-state index contributed by atoms with van der Waals surface area (Å²) in [6, 6.07) is 13.3. The van der Waals surface area contributed by atoms with Gasteiger partial charge in [0.2, 0.25) is 12.7 Å². The molecule has 4 rings (SSSR count). The van der Waals surface area contributed by atoms with Gasteiger partial charge in [-0.05, 0) is 24.3 Å². The molecule has 1 aromatic heterocycles. The van der Waals surface area contributed by atoms with Crippen LogP contribution in [0.2, 0.25) is 0 Å². The topological polar surface area (TPSA) is 72.5 Å². The van der Waals surface area contributed by atoms with Crippen LogP contribution in [0.4, 0.5) is 16.5 Å². The van der Waals surface area contributed by atoms with Gasteiger partial charge >= 0.3 is 0 Å². The molecule has 0 fully saturated rings. The molecule has 0 radical (unpaired) electrons. The molecule has 0 atom stereocenters. The minimum Gasteiger partial charge on any atom is -0.454 e. The lowest BCUT2D eigenvalue weighted by molar-refractivity contribution is -0.114. The van der Waals surface area contributed by atoms with E-state index in [1.165, 1.54) is 18.3 Å². The van der Waals surface area contributed by atoms with Crippen molar-refractivity contribution in [1.29, 1.82) is 0 Å². The number of thiazole rings is 1. The van der Waals surface area contributed by atoms with Crippen LogP contribution in [0, 0.1) is 0 Å². The molecular formula is C18H15N3O3S. The number of amides is 1. The number of benzene rings is 2. The molecule has 0 bridgehead atoms. The zero-order valence-corrected chi connectivity index (χ0v) is 14.2. The molecule has 6 nitrogen and oxygen atoms in total. The molecule has 3 aromatic rings. The molecule has 126 valence electrons. The van der Waals surface area contributed by atoms with E-state index in [1.54, 1.807) is 0 Å². The summed E-state index contributed by atoms with van der Waals surface area (Å²) in [7, 11) is 0. The van der Waals surface area contributed by atoms with Crippen LogP contribution in [-0.4, -0.2) is 17.7 Å². The number of hydrogen-bond acceptors (Lipinski definition) is 6. The van der Waals surface area contributed by atoms with Crippen molar-refractivity contribution in [2.75, 3.05) is 17.4 Å². The van der Waals surface area contributed by atoms with Crippen LogP contribution in [0.15, 0.2) is 47.8 Å². The van der Waals surface area contributed by atoms with E-state index < -0.39 is 0 Å². The van der Waals surface area contributed by atoms with Gasteiger partial charge in [-0.2, -0.15) is 0 Å². The molecule has 2 heterocycles. The quantitative estimate of drug-likeness (QED) is 0.734. The minimum absolute atomic E-state index is 0.0865. The van der Waals surface area contributed by atoms with E-state index in [1.807, 2.05) is 47.8 Å². The van der Waals surface area contributed by atoms with Crippen molar-refractivity contribution < 1.29 is 14.3 Å². The third kappa shape index (κ3) is 3.41. The Kier molecular flexibility index (Phi) is 3.99. The highest BCUT2D eigenvalue weighted by atomic mass is 32.1. The maximum absolute atomic E-state index is 11.1. The van der Waals surface area contributed by atoms with E-state index in [9.17, 15) is 4.79 Å². The van der Waals surface area contributed by atoms with Crippen LogP contribution in [0.5, 0.6) is 11.5 Å². The van der Waals surface area contributed by atoms with Gasteiger partial charge in [0, 0.05) is 35.3 Å². The van der Waals surface area contributed by atoms with Crippen LogP contribution in [0.25, 0.3) is 11.3 Å². The zero-order valence-electron chi connectivity index (χ0n) is 13.4. The van der Waals surface area contributed by atoms with E-state index in [0.29, 0.717) is 0 Å². The number of carbonyl (C=O) groups excluding carboxylic acids is 1. The molecule has 2 aromatic carbocycles. The number of fused-ring (bicyclic) bond motifs is 1. The van der Waals surface area contributed by atoms with Crippen molar-refractivity contribution in [1.82, 2.24) is 4.98 Å². The van der Waals surface area contributed by atoms with E-state index in [0.717, 1.165) is 39.3 Å². The number of aromatic nitrogens is 1. The van der Waals surface area contributed by atoms with Crippen LogP contribution in [0.1, 0.15) is 6.92 Å². The average Bonchev–Trinajstić information content (AvgIpc) is 3.24. The Bertz CT molecular complexity index is 922. The standard InChI is InChI=1S/C18H15N3O3S/c1-11(22)19-13-4-2-12(3-5-13)15-9-25-18(21-15)20-14-6-7-16-17(8-14)24-10-23-16/h2-9H,10H2,1H3,(H,19,22)(H,20,21). The largest absolute Gasteiger partial charge is 0.454 e. The lowest BCUT2D eigenvalue weighted by Crippen LogP contribution is -2.05. The Morgan fingerprint density at radius 1 is 1.08 bits per heavy atom. The smallest absolute Gasteiger partial charge is 0.231 e. The predicted octanol–water partition coefficient (Wildman–Crippen LogP) is 4.24. The van der Waals surface area contributed by atoms with Gasteiger partial charge in [0.25, 0.3) is 0 Å². The SMILES string of the molecule is CC(=O)Nc1ccc(-c2csc(Nc3ccc4c(c3)OCO4)n2)cc1. The van der Waals surface area contributed by atoms with Crippen LogP contribution < -0.4 is 20.1 Å². The van der Waals surface area contributed by atoms with Crippen LogP contribution in [-0.2, 0) is 4.79 Å². The van der Waals surface area contributed by atoms with Gasteiger partial charge < -0.3 is 20.1 Å². The number of nitrogens with zero attached hydrogens (tertiary/aromatic N) is 1. The first-order valence-electron chi connectivity index (χ1n) is 7.67. The maximum atomic E-state index is 11.1. The summed E-state index contributed by atoms with van der Waals surface area (Å²) in [5.41, 5.74) is 3.53. The Balaban J connectivity index is 1.49. The van der Waals surface area contributed by atoms with Crippen molar-refractivity contribution in [2.45, 2.75) is 6.92 Å². The molecule has 0 saturated carbocycles. The molecule has 0 aliphatic carbocycles. The fourth-order valence-corrected chi connectivity index (χ4v) is 3.23. The van der Waals surface area contributed by atoms with Gasteiger partial charge in [0.15, 0.2) is 16.6 Å². The van der Waals surface area contributed by atoms with Crippen molar-refractivity contribution in [3.05, 3.63) is 47.8 Å². The molecule has 1 aliphatic heterocycles. The van der Waals surface area contributed by atoms with Gasteiger partial charge in [-0.15, -0.1) is 11.3 Å². The first-order chi connectivity index (χ1) is 12.2. The third-order valence-corrected chi connectivity index (χ3v) is 4.39. The predicted molar refractivity (Wildman–Crippen MR) is 97.7 cm³/mol. The Hall–Kier alpha value is -3.06. The van der Waals surface area contributed by atoms with Crippen LogP contribution in [0.3, 0.4) is 0 Å². The van der Waals surface area contributed by atoms with E-state index in [-0.39, 0.29) is 12.7 Å². The van der Waals surface area contributed by atoms with E-state index in [2.05, 4.69) is 15.6 Å². The van der Waals surface area contributed by atoms with Gasteiger partial charge in [-0.25, -0.2) is 4.98 Å². The maximum Gasteiger partial charge on any atom is 0.231 e. The second-order valence-corrected chi connectivity index (χ2v) is 6.35. The lowest BCUT2D eigenvalue weighted by atomic mass is 10.1. The molecule has 0 saturated heterocycles. The van der Waals surface area contributed by atoms with Gasteiger partial charge in [-0.3, -0.25) is 4.79 Å². The highest BCUT2D eigenvalue weighted by Crippen LogP contribution is 2.36. The second kappa shape index (κ2) is 6.45. The third-order valence-electron chi connectivity index (χ3n) is 3.63. The first-order valence-corrected chi connectivity index (χ1v) is 8.55. The minimum atomic E-state index is -0.0865. The highest BCUT2D eigenvalue weighted by molar-refractivity contribution is 7.14. The molecule has 1 amide bonds. The zero-order chi connectivity index (χ0) is 17.2. The molecule has 7 heteroatoms. The van der Waals surface area contributed by atoms with Crippen LogP contribution >= 0.6 is 11.3 Å². The van der Waals surface area contributed by atoms with E-state index in [4.69, 9.17) is 9.47 Å². The molecular weight excluding hydrogens is 338 g/mol. The highest BCUT2D eigenvalue weighted by Gasteiger charge is 2.14. The van der Waals surface area contributed by atoms with Gasteiger partial charge in [-0.1, -0.05) is 12.1 Å². The van der Waals surface area contributed by atoms with Gasteiger partial charge in [0.1, 0.15) is 0 Å². The Morgan fingerprint density at radius 2 is 1.84 bits per heavy atom. The molecule has 0 spiro atoms. The molecule has 25 heavy (non-hydrogen) atoms. The van der Waals surface area contributed by atoms with Crippen molar-refractivity contribution in [3.8, 4) is 22.8 Å². The van der Waals surface area contributed by atoms with E-state index >= 15 is 0 Å². The normalized spacial score (nSPS) is 12.0. The number of nitrogens with one attached hydrogen (secondary N) is 2. The van der Waals surface area contributed by atoms with Crippen molar-refractivity contribution >= 4 is 33.8 Å². The second-order valence-electron chi connectivity index (χ2n) is 5.49. The fourth-order valence-electron chi connectivity index (χ4n) is 2.49. The molecule has 0 unspecified atom stereocenters. The number of rotatable bonds is 4. The fraction of sp³-hybridized carbons (Fsp3) is 0.111. The number of hydrogen-bond donors (Lipinski definition) is 2. The number of ether oxygens (including phenoxy) is 2. The Labute approximate surface area is 148 Å². The monoisotopic (exact) mass is 353 g/mol. The molecule has 1 aliphatic rings. The number of carbonyl (C=O) groups is 1. The summed E-state index contributed by atoms with van der Waals surface area (Å²) in [4.78, 5) is 15.7.